The Morgan fingerprint density at radius 1 is 1.27 bits per heavy atom. The van der Waals surface area contributed by atoms with E-state index < -0.39 is 24.3 Å². The number of carbonyl (C=O) groups excluding carboxylic acids is 1. The van der Waals surface area contributed by atoms with Crippen molar-refractivity contribution in [1.29, 1.82) is 0 Å². The molecule has 0 heterocycles. The molecule has 0 unspecified atom stereocenters. The van der Waals surface area contributed by atoms with Crippen molar-refractivity contribution in [1.82, 2.24) is 0 Å². The van der Waals surface area contributed by atoms with E-state index in [1.165, 1.54) is 13.2 Å². The van der Waals surface area contributed by atoms with Crippen molar-refractivity contribution in [2.45, 2.75) is 45.8 Å². The summed E-state index contributed by atoms with van der Waals surface area (Å²) in [5.74, 6) is -0.594. The number of ether oxygens (including phenoxy) is 1. The monoisotopic (exact) mass is 328 g/mol. The molecule has 0 spiro atoms. The molecule has 1 rings (SSSR count). The number of carbonyl (C=O) groups is 1. The molecule has 0 aliphatic heterocycles. The molecule has 2 N–H and O–H groups in total. The van der Waals surface area contributed by atoms with Crippen LogP contribution in [-0.2, 0) is 9.39 Å². The van der Waals surface area contributed by atoms with E-state index in [2.05, 4.69) is 4.74 Å². The minimum absolute atomic E-state index is 0.155. The highest BCUT2D eigenvalue weighted by molar-refractivity contribution is 6.60. The minimum atomic E-state index is -1.32. The first-order chi connectivity index (χ1) is 9.90. The van der Waals surface area contributed by atoms with Crippen molar-refractivity contribution in [3.8, 4) is 0 Å². The Morgan fingerprint density at radius 2 is 1.82 bits per heavy atom. The van der Waals surface area contributed by atoms with Crippen LogP contribution in [0.1, 0.15) is 43.6 Å². The van der Waals surface area contributed by atoms with Gasteiger partial charge in [0.15, 0.2) is 0 Å². The normalized spacial score (nSPS) is 12.2. The summed E-state index contributed by atoms with van der Waals surface area (Å²) in [5, 5.41) is 20.6. The van der Waals surface area contributed by atoms with Crippen molar-refractivity contribution in [2.24, 2.45) is 0 Å². The van der Waals surface area contributed by atoms with Crippen molar-refractivity contribution in [3.63, 3.8) is 0 Å². The zero-order valence-electron chi connectivity index (χ0n) is 13.7. The number of aryl methyl sites for hydroxylation is 1. The predicted molar refractivity (Wildman–Crippen MR) is 86.6 cm³/mol. The van der Waals surface area contributed by atoms with Crippen LogP contribution in [-0.4, -0.2) is 41.5 Å². The molecule has 5 nitrogen and oxygen atoms in total. The van der Waals surface area contributed by atoms with Crippen LogP contribution in [0.5, 0.6) is 0 Å². The molecular formula is C15H22BClO5. The Labute approximate surface area is 136 Å². The summed E-state index contributed by atoms with van der Waals surface area (Å²) in [6.07, 6.45) is 0. The van der Waals surface area contributed by atoms with Gasteiger partial charge in [0, 0.05) is 0 Å². The zero-order valence-corrected chi connectivity index (χ0v) is 14.5. The van der Waals surface area contributed by atoms with E-state index in [1.54, 1.807) is 40.7 Å². The maximum atomic E-state index is 11.7. The van der Waals surface area contributed by atoms with Crippen LogP contribution in [0.4, 0.5) is 0 Å². The lowest BCUT2D eigenvalue weighted by Crippen LogP contribution is -2.53. The van der Waals surface area contributed by atoms with E-state index in [-0.39, 0.29) is 10.6 Å². The average molecular weight is 329 g/mol. The lowest BCUT2D eigenvalue weighted by atomic mass is 9.75. The minimum Gasteiger partial charge on any atom is -0.465 e. The van der Waals surface area contributed by atoms with E-state index in [4.69, 9.17) is 16.3 Å². The number of methoxy groups -OCH3 is 1. The SMILES string of the molecule is COC(=O)c1cc(B(O)OC(C)(C)C(C)(C)O)cc(C)c1Cl. The van der Waals surface area contributed by atoms with Gasteiger partial charge in [0.1, 0.15) is 0 Å². The van der Waals surface area contributed by atoms with Gasteiger partial charge in [-0.2, -0.15) is 0 Å². The van der Waals surface area contributed by atoms with Gasteiger partial charge in [-0.3, -0.25) is 0 Å². The summed E-state index contributed by atoms with van der Waals surface area (Å²) < 4.78 is 10.2. The van der Waals surface area contributed by atoms with Crippen molar-refractivity contribution < 1.29 is 24.3 Å². The van der Waals surface area contributed by atoms with Crippen LogP contribution < -0.4 is 5.46 Å². The van der Waals surface area contributed by atoms with Gasteiger partial charge in [0.2, 0.25) is 0 Å². The first kappa shape index (κ1) is 19.0. The fraction of sp³-hybridized carbons (Fsp3) is 0.533. The van der Waals surface area contributed by atoms with Gasteiger partial charge >= 0.3 is 13.1 Å². The molecule has 0 aliphatic rings. The quantitative estimate of drug-likeness (QED) is 0.635. The van der Waals surface area contributed by atoms with Crippen molar-refractivity contribution >= 4 is 30.2 Å². The number of rotatable bonds is 5. The van der Waals surface area contributed by atoms with Gasteiger partial charge in [0.25, 0.3) is 0 Å². The number of esters is 1. The number of halogens is 1. The molecule has 0 fully saturated rings. The van der Waals surface area contributed by atoms with Gasteiger partial charge in [-0.05, 0) is 51.7 Å². The Balaban J connectivity index is 3.17. The van der Waals surface area contributed by atoms with Crippen LogP contribution in [0, 0.1) is 6.92 Å². The van der Waals surface area contributed by atoms with Gasteiger partial charge in [-0.1, -0.05) is 17.7 Å². The highest BCUT2D eigenvalue weighted by Crippen LogP contribution is 2.26. The van der Waals surface area contributed by atoms with E-state index in [9.17, 15) is 14.9 Å². The van der Waals surface area contributed by atoms with Crippen LogP contribution in [0.25, 0.3) is 0 Å². The molecule has 0 bridgehead atoms. The topological polar surface area (TPSA) is 76.0 Å². The Bertz CT molecular complexity index is 566. The largest absolute Gasteiger partial charge is 0.491 e. The molecule has 22 heavy (non-hydrogen) atoms. The average Bonchev–Trinajstić information content (AvgIpc) is 2.38. The third kappa shape index (κ3) is 4.01. The summed E-state index contributed by atoms with van der Waals surface area (Å²) in [5.41, 5.74) is -1.04. The molecular weight excluding hydrogens is 306 g/mol. The van der Waals surface area contributed by atoms with E-state index in [1.807, 2.05) is 0 Å². The van der Waals surface area contributed by atoms with Crippen molar-refractivity contribution in [3.05, 3.63) is 28.3 Å². The molecule has 7 heteroatoms. The van der Waals surface area contributed by atoms with Crippen LogP contribution in [0.3, 0.4) is 0 Å². The standard InChI is InChI=1S/C15H22BClO5/c1-9-7-10(8-11(12(9)17)13(18)21-6)16(20)22-15(4,5)14(2,3)19/h7-8,19-20H,1-6H3. The smallest absolute Gasteiger partial charge is 0.465 e. The Hall–Kier alpha value is -1.08. The van der Waals surface area contributed by atoms with Gasteiger partial charge in [0.05, 0.1) is 28.9 Å². The third-order valence-corrected chi connectivity index (χ3v) is 4.35. The molecule has 0 aromatic heterocycles. The number of benzene rings is 1. The van der Waals surface area contributed by atoms with Gasteiger partial charge < -0.3 is 19.5 Å². The molecule has 0 aliphatic carbocycles. The van der Waals surface area contributed by atoms with Crippen LogP contribution in [0.2, 0.25) is 5.02 Å². The van der Waals surface area contributed by atoms with Crippen LogP contribution >= 0.6 is 11.6 Å². The van der Waals surface area contributed by atoms with Crippen LogP contribution in [0.15, 0.2) is 12.1 Å². The maximum Gasteiger partial charge on any atom is 0.491 e. The first-order valence-corrected chi connectivity index (χ1v) is 7.25. The fourth-order valence-electron chi connectivity index (χ4n) is 1.69. The molecule has 0 radical (unpaired) electrons. The van der Waals surface area contributed by atoms with Gasteiger partial charge in [-0.15, -0.1) is 0 Å². The van der Waals surface area contributed by atoms with Gasteiger partial charge in [-0.25, -0.2) is 4.79 Å². The second-order valence-corrected chi connectivity index (χ2v) is 6.61. The molecule has 1 aromatic carbocycles. The lowest BCUT2D eigenvalue weighted by molar-refractivity contribution is -0.0982. The van der Waals surface area contributed by atoms with E-state index >= 15 is 0 Å². The summed E-state index contributed by atoms with van der Waals surface area (Å²) in [7, 11) is -0.0638. The molecule has 0 amide bonds. The summed E-state index contributed by atoms with van der Waals surface area (Å²) >= 11 is 6.09. The molecule has 0 saturated heterocycles. The molecule has 1 aromatic rings. The number of hydrogen-bond acceptors (Lipinski definition) is 5. The lowest BCUT2D eigenvalue weighted by Gasteiger charge is -2.38. The fourth-order valence-corrected chi connectivity index (χ4v) is 1.88. The van der Waals surface area contributed by atoms with E-state index in [0.29, 0.717) is 11.0 Å². The Morgan fingerprint density at radius 3 is 2.27 bits per heavy atom. The Kier molecular flexibility index (Phi) is 5.68. The maximum absolute atomic E-state index is 11.7. The molecule has 0 saturated carbocycles. The number of hydrogen-bond donors (Lipinski definition) is 2. The summed E-state index contributed by atoms with van der Waals surface area (Å²) in [6.45, 7) is 8.23. The second-order valence-electron chi connectivity index (χ2n) is 6.23. The second kappa shape index (κ2) is 6.58. The van der Waals surface area contributed by atoms with Crippen molar-refractivity contribution in [2.75, 3.05) is 7.11 Å². The predicted octanol–water partition coefficient (Wildman–Crippen LogP) is 1.69. The third-order valence-electron chi connectivity index (χ3n) is 3.85. The highest BCUT2D eigenvalue weighted by atomic mass is 35.5. The first-order valence-electron chi connectivity index (χ1n) is 6.87. The van der Waals surface area contributed by atoms with E-state index in [0.717, 1.165) is 0 Å². The zero-order chi connectivity index (χ0) is 17.3. The summed E-state index contributed by atoms with van der Waals surface area (Å²) in [4.78, 5) is 11.7. The molecule has 0 atom stereocenters. The highest BCUT2D eigenvalue weighted by Gasteiger charge is 2.39. The summed E-state index contributed by atoms with van der Waals surface area (Å²) in [6, 6.07) is 3.05. The number of aliphatic hydroxyl groups is 1. The molecule has 122 valence electrons.